The number of nitrogens with zero attached hydrogens (tertiary/aromatic N) is 12. The van der Waals surface area contributed by atoms with Crippen LogP contribution in [-0.4, -0.2) is 89.3 Å². The third kappa shape index (κ3) is 15.4. The summed E-state index contributed by atoms with van der Waals surface area (Å²) in [5.74, 6) is 11.2. The van der Waals surface area contributed by atoms with Crippen LogP contribution in [-0.2, 0) is 103 Å². The Kier molecular flexibility index (Phi) is 22.3. The molecule has 12 heterocycles. The number of fused-ring (bicyclic) bond motifs is 16. The summed E-state index contributed by atoms with van der Waals surface area (Å²) in [6.07, 6.45) is 32.2. The van der Waals surface area contributed by atoms with Crippen LogP contribution >= 0.6 is 0 Å². The molecule has 0 radical (unpaired) electrons. The van der Waals surface area contributed by atoms with Gasteiger partial charge in [0.25, 0.3) is 0 Å². The number of esters is 4. The van der Waals surface area contributed by atoms with Gasteiger partial charge in [-0.15, -0.1) is 44.1 Å². The van der Waals surface area contributed by atoms with Crippen LogP contribution in [0.1, 0.15) is 105 Å². The Morgan fingerprint density at radius 2 is 0.656 bits per heavy atom. The summed E-state index contributed by atoms with van der Waals surface area (Å²) in [5, 5.41) is 0. The average Bonchev–Trinajstić information content (AvgIpc) is 1.64. The SMILES string of the molecule is C=CCOC(=O)CCc1c2nc(c(-n3ccnc3)c3ccc([n-]3)c(CCC(=O)OCC=C)c3nc(c(C#CC#Cc4c5nc(c(CCC(=O)OCC=C)c6ccc([n-]6)c(-n6ccnc6)c6nc(c(CCC(=O)OCC=C)c7ccc4[n-]7)C=C6)C=C5)c4ccc1[n-]4)C=C3)C=C2.[Zn+2].[Zn+2]. The van der Waals surface area contributed by atoms with Gasteiger partial charge in [-0.1, -0.05) is 111 Å². The van der Waals surface area contributed by atoms with E-state index in [9.17, 15) is 19.2 Å². The van der Waals surface area contributed by atoms with Gasteiger partial charge in [-0.05, 0) is 108 Å². The molecule has 0 unspecified atom stereocenters. The number of ether oxygens (including phenoxy) is 4. The van der Waals surface area contributed by atoms with E-state index in [4.69, 9.17) is 58.8 Å². The van der Waals surface area contributed by atoms with Gasteiger partial charge >= 0.3 is 62.8 Å². The molecule has 8 aromatic heterocycles. The first-order chi connectivity index (χ1) is 46.1. The van der Waals surface area contributed by atoms with Crippen molar-refractivity contribution in [1.82, 2.24) is 59.0 Å². The predicted molar refractivity (Wildman–Crippen MR) is 360 cm³/mol. The molecule has 0 aromatic carbocycles. The second kappa shape index (κ2) is 31.6. The second-order valence-corrected chi connectivity index (χ2v) is 21.4. The van der Waals surface area contributed by atoms with Crippen molar-refractivity contribution in [2.75, 3.05) is 26.4 Å². The van der Waals surface area contributed by atoms with E-state index in [1.807, 2.05) is 119 Å². The maximum Gasteiger partial charge on any atom is 2.00 e. The van der Waals surface area contributed by atoms with Crippen LogP contribution in [0.25, 0.3) is 104 Å². The topological polar surface area (TPSA) is 249 Å². The summed E-state index contributed by atoms with van der Waals surface area (Å²) in [6, 6.07) is 14.9. The number of hydrogen-bond donors (Lipinski definition) is 0. The maximum atomic E-state index is 13.1. The van der Waals surface area contributed by atoms with Crippen molar-refractivity contribution in [3.63, 3.8) is 0 Å². The molecule has 0 N–H and O–H groups in total. The molecular weight excluding hydrogens is 1320 g/mol. The predicted octanol–water partition coefficient (Wildman–Crippen LogP) is 10.6. The average molecular weight is 1370 g/mol. The maximum absolute atomic E-state index is 13.1. The second-order valence-electron chi connectivity index (χ2n) is 21.4. The van der Waals surface area contributed by atoms with Crippen LogP contribution in [0.4, 0.5) is 0 Å². The fourth-order valence-electron chi connectivity index (χ4n) is 11.0. The van der Waals surface area contributed by atoms with Crippen molar-refractivity contribution in [2.24, 2.45) is 0 Å². The molecule has 0 saturated heterocycles. The first kappa shape index (κ1) is 67.7. The number of aryl methyl sites for hydroxylation is 4. The molecule has 16 bridgehead atoms. The van der Waals surface area contributed by atoms with Gasteiger partial charge in [-0.2, -0.15) is 0 Å². The molecule has 0 saturated carbocycles. The molecule has 0 spiro atoms. The largest absolute Gasteiger partial charge is 2.00 e. The van der Waals surface area contributed by atoms with Crippen molar-refractivity contribution in [3.8, 4) is 35.1 Å². The van der Waals surface area contributed by atoms with E-state index in [0.29, 0.717) is 134 Å². The number of carbonyl (C=O) groups is 4. The zero-order chi connectivity index (χ0) is 64.9. The first-order valence-corrected chi connectivity index (χ1v) is 30.2. The standard InChI is InChI=1S/C74H58N12O8.2Zn/c1-5-41-91-69(87)33-13-49-57-21-17-53(77-57)47(54-18-22-58(78-54)50(14-34-70(88)92-42-6-2)62-26-30-66(82-62)73(85-39-37-75-45-85)65-29-25-61(49)81-65)11-9-10-12-48-55-19-23-59(79-55)51(15-35-71(89)93-43-7-3)63-27-31-67(83-63)74(86-40-38-76-46-86)68-32-28-64(84-68)52(60-24-20-56(48)80-60)16-36-72(90)94-44-8-4;;/h5-8,17-32,37-40,45-46H,1-4,13-16,33-36,41-44H2;;/q-4;2*+2. The number of imidazole rings is 2. The normalized spacial score (nSPS) is 11.5. The molecule has 0 aliphatic carbocycles. The molecule has 96 heavy (non-hydrogen) atoms. The van der Waals surface area contributed by atoms with Crippen LogP contribution in [0.2, 0.25) is 0 Å². The van der Waals surface area contributed by atoms with Gasteiger partial charge in [-0.3, -0.25) is 19.2 Å². The number of rotatable bonds is 22. The Morgan fingerprint density at radius 1 is 0.385 bits per heavy atom. The van der Waals surface area contributed by atoms with Gasteiger partial charge in [-0.25, -0.2) is 29.9 Å². The summed E-state index contributed by atoms with van der Waals surface area (Å²) in [7, 11) is 0. The van der Waals surface area contributed by atoms with Crippen molar-refractivity contribution in [1.29, 1.82) is 0 Å². The van der Waals surface area contributed by atoms with Gasteiger partial charge in [0.1, 0.15) is 26.4 Å². The minimum absolute atomic E-state index is 0. The Balaban J connectivity index is 0.00000501. The Hall–Kier alpha value is -11.2. The Labute approximate surface area is 577 Å². The molecule has 0 fully saturated rings. The molecular formula is C74H58N12O8Zn2. The molecule has 22 heteroatoms. The van der Waals surface area contributed by atoms with Crippen LogP contribution in [0.15, 0.2) is 137 Å². The number of hydrogen-bond acceptors (Lipinski definition) is 14. The summed E-state index contributed by atoms with van der Waals surface area (Å²) < 4.78 is 25.3. The molecule has 8 aromatic rings. The molecule has 20 nitrogen and oxygen atoms in total. The van der Waals surface area contributed by atoms with Gasteiger partial charge < -0.3 is 48.0 Å². The van der Waals surface area contributed by atoms with Crippen LogP contribution in [0.5, 0.6) is 0 Å². The van der Waals surface area contributed by atoms with Crippen molar-refractivity contribution >= 4 is 117 Å². The zero-order valence-corrected chi connectivity index (χ0v) is 58.3. The summed E-state index contributed by atoms with van der Waals surface area (Å²) in [5.41, 5.74) is 13.3. The van der Waals surface area contributed by atoms with Crippen molar-refractivity contribution in [3.05, 3.63) is 216 Å². The van der Waals surface area contributed by atoms with E-state index in [-0.39, 0.29) is 117 Å². The molecule has 0 atom stereocenters. The van der Waals surface area contributed by atoms with E-state index in [1.54, 1.807) is 25.0 Å². The quantitative estimate of drug-likeness (QED) is 0.0201. The fourth-order valence-corrected chi connectivity index (χ4v) is 11.0. The Morgan fingerprint density at radius 3 is 0.958 bits per heavy atom. The third-order valence-corrected chi connectivity index (χ3v) is 15.3. The van der Waals surface area contributed by atoms with E-state index in [1.165, 1.54) is 24.3 Å². The van der Waals surface area contributed by atoms with Crippen molar-refractivity contribution < 1.29 is 77.1 Å². The Bertz CT molecular complexity index is 4650. The van der Waals surface area contributed by atoms with Gasteiger partial charge in [0.2, 0.25) is 0 Å². The third-order valence-electron chi connectivity index (χ3n) is 15.3. The minimum atomic E-state index is -0.421. The van der Waals surface area contributed by atoms with E-state index in [2.05, 4.69) is 60.0 Å². The molecule has 12 rings (SSSR count). The smallest absolute Gasteiger partial charge is 0.656 e. The number of carbonyl (C=O) groups excluding carboxylic acids is 4. The molecule has 4 aliphatic rings. The first-order valence-electron chi connectivity index (χ1n) is 30.2. The van der Waals surface area contributed by atoms with E-state index < -0.39 is 23.9 Å². The monoisotopic (exact) mass is 1370 g/mol. The zero-order valence-electron chi connectivity index (χ0n) is 52.4. The molecule has 4 aliphatic heterocycles. The van der Waals surface area contributed by atoms with E-state index >= 15 is 0 Å². The molecule has 0 amide bonds. The molecule has 466 valence electrons. The van der Waals surface area contributed by atoms with Crippen LogP contribution < -0.4 is 19.9 Å². The van der Waals surface area contributed by atoms with Crippen molar-refractivity contribution in [2.45, 2.75) is 51.4 Å². The van der Waals surface area contributed by atoms with Gasteiger partial charge in [0.15, 0.2) is 0 Å². The van der Waals surface area contributed by atoms with Crippen LogP contribution in [0.3, 0.4) is 0 Å². The summed E-state index contributed by atoms with van der Waals surface area (Å²) >= 11 is 0. The fraction of sp³-hybridized carbons (Fsp3) is 0.162. The van der Waals surface area contributed by atoms with Crippen LogP contribution in [0, 0.1) is 23.7 Å². The van der Waals surface area contributed by atoms with Gasteiger partial charge in [0.05, 0.1) is 69.6 Å². The summed E-state index contributed by atoms with van der Waals surface area (Å²) in [4.78, 5) is 103. The number of aromatic nitrogens is 12. The van der Waals surface area contributed by atoms with E-state index in [0.717, 1.165) is 0 Å². The summed E-state index contributed by atoms with van der Waals surface area (Å²) in [6.45, 7) is 15.0. The van der Waals surface area contributed by atoms with Gasteiger partial charge in [0, 0.05) is 61.6 Å². The minimum Gasteiger partial charge on any atom is -0.656 e.